The summed E-state index contributed by atoms with van der Waals surface area (Å²) in [6.45, 7) is 4.63. The lowest BCUT2D eigenvalue weighted by Crippen LogP contribution is -3.12. The number of ether oxygens (including phenoxy) is 1. The van der Waals surface area contributed by atoms with Crippen LogP contribution in [0.2, 0.25) is 10.0 Å². The Morgan fingerprint density at radius 1 is 1.00 bits per heavy atom. The summed E-state index contributed by atoms with van der Waals surface area (Å²) >= 11 is 12.2. The van der Waals surface area contributed by atoms with Gasteiger partial charge in [-0.3, -0.25) is 4.79 Å². The Kier molecular flexibility index (Phi) is 6.21. The number of hydrogen-bond acceptors (Lipinski definition) is 3. The molecular weight excluding hydrogens is 411 g/mol. The van der Waals surface area contributed by atoms with E-state index in [2.05, 4.69) is 5.32 Å². The van der Waals surface area contributed by atoms with E-state index in [9.17, 15) is 4.79 Å². The number of carbonyl (C=O) groups excluding carboxylic acids is 1. The van der Waals surface area contributed by atoms with E-state index >= 15 is 0 Å². The predicted molar refractivity (Wildman–Crippen MR) is 114 cm³/mol. The lowest BCUT2D eigenvalue weighted by Gasteiger charge is -2.23. The monoisotopic (exact) mass is 431 g/mol. The molecule has 29 heavy (non-hydrogen) atoms. The maximum absolute atomic E-state index is 12.5. The molecule has 1 aliphatic rings. The zero-order valence-electron chi connectivity index (χ0n) is 15.7. The van der Waals surface area contributed by atoms with Crippen molar-refractivity contribution >= 4 is 34.8 Å². The van der Waals surface area contributed by atoms with Crippen molar-refractivity contribution in [2.24, 2.45) is 0 Å². The van der Waals surface area contributed by atoms with Crippen LogP contribution in [0.5, 0.6) is 0 Å². The number of anilines is 1. The summed E-state index contributed by atoms with van der Waals surface area (Å²) < 4.78 is 11.1. The third-order valence-corrected chi connectivity index (χ3v) is 5.45. The number of morpholine rings is 1. The van der Waals surface area contributed by atoms with Crippen molar-refractivity contribution in [3.63, 3.8) is 0 Å². The van der Waals surface area contributed by atoms with Gasteiger partial charge in [0.25, 0.3) is 5.91 Å². The molecule has 0 unspecified atom stereocenters. The van der Waals surface area contributed by atoms with Gasteiger partial charge < -0.3 is 19.4 Å². The fourth-order valence-corrected chi connectivity index (χ4v) is 3.70. The average Bonchev–Trinajstić information content (AvgIpc) is 3.22. The van der Waals surface area contributed by atoms with Gasteiger partial charge in [0, 0.05) is 21.8 Å². The molecule has 0 spiro atoms. The van der Waals surface area contributed by atoms with E-state index in [1.165, 1.54) is 10.5 Å². The van der Waals surface area contributed by atoms with Crippen molar-refractivity contribution in [1.82, 2.24) is 0 Å². The minimum atomic E-state index is -0.319. The molecule has 0 bridgehead atoms. The largest absolute Gasteiger partial charge is 0.451 e. The second-order valence-corrected chi connectivity index (χ2v) is 7.82. The maximum Gasteiger partial charge on any atom is 0.291 e. The van der Waals surface area contributed by atoms with E-state index in [0.717, 1.165) is 38.5 Å². The number of rotatable bonds is 5. The van der Waals surface area contributed by atoms with Crippen LogP contribution in [0.25, 0.3) is 11.3 Å². The van der Waals surface area contributed by atoms with Crippen molar-refractivity contribution in [2.75, 3.05) is 31.6 Å². The van der Waals surface area contributed by atoms with Gasteiger partial charge in [-0.05, 0) is 42.5 Å². The van der Waals surface area contributed by atoms with Crippen LogP contribution in [-0.2, 0) is 11.3 Å². The number of halogens is 2. The Hall–Kier alpha value is -2.31. The Morgan fingerprint density at radius 3 is 2.52 bits per heavy atom. The van der Waals surface area contributed by atoms with E-state index in [1.807, 2.05) is 24.3 Å². The number of furan rings is 1. The van der Waals surface area contributed by atoms with E-state index in [-0.39, 0.29) is 11.7 Å². The average molecular weight is 432 g/mol. The second-order valence-electron chi connectivity index (χ2n) is 6.98. The van der Waals surface area contributed by atoms with Crippen LogP contribution in [0.4, 0.5) is 5.69 Å². The first-order valence-corrected chi connectivity index (χ1v) is 10.2. The van der Waals surface area contributed by atoms with Crippen molar-refractivity contribution < 1.29 is 18.8 Å². The van der Waals surface area contributed by atoms with Crippen molar-refractivity contribution in [3.8, 4) is 11.3 Å². The van der Waals surface area contributed by atoms with Gasteiger partial charge >= 0.3 is 0 Å². The summed E-state index contributed by atoms with van der Waals surface area (Å²) in [5.41, 5.74) is 2.60. The highest BCUT2D eigenvalue weighted by atomic mass is 35.5. The van der Waals surface area contributed by atoms with Crippen LogP contribution in [0.15, 0.2) is 59.0 Å². The number of amides is 1. The van der Waals surface area contributed by atoms with Gasteiger partial charge in [0.2, 0.25) is 0 Å². The van der Waals surface area contributed by atoms with Gasteiger partial charge in [-0.1, -0.05) is 35.3 Å². The molecule has 2 aromatic carbocycles. The van der Waals surface area contributed by atoms with Gasteiger partial charge in [-0.15, -0.1) is 0 Å². The van der Waals surface area contributed by atoms with Gasteiger partial charge in [-0.25, -0.2) is 0 Å². The molecule has 1 saturated heterocycles. The van der Waals surface area contributed by atoms with Crippen LogP contribution in [0.3, 0.4) is 0 Å². The van der Waals surface area contributed by atoms with E-state index in [1.54, 1.807) is 30.3 Å². The van der Waals surface area contributed by atoms with Crippen LogP contribution < -0.4 is 10.2 Å². The summed E-state index contributed by atoms with van der Waals surface area (Å²) in [5.74, 6) is 0.380. The minimum Gasteiger partial charge on any atom is -0.451 e. The summed E-state index contributed by atoms with van der Waals surface area (Å²) in [6.07, 6.45) is 0. The maximum atomic E-state index is 12.5. The number of hydrogen-bond donors (Lipinski definition) is 2. The van der Waals surface area contributed by atoms with Crippen LogP contribution in [0.1, 0.15) is 16.1 Å². The van der Waals surface area contributed by atoms with Crippen molar-refractivity contribution in [3.05, 3.63) is 76.0 Å². The Balaban J connectivity index is 1.40. The first-order chi connectivity index (χ1) is 14.1. The number of nitrogens with one attached hydrogen (secondary N) is 2. The highest BCUT2D eigenvalue weighted by molar-refractivity contribution is 6.35. The fourth-order valence-electron chi connectivity index (χ4n) is 3.32. The highest BCUT2D eigenvalue weighted by Crippen LogP contribution is 2.32. The van der Waals surface area contributed by atoms with E-state index in [0.29, 0.717) is 21.4 Å². The molecule has 1 aliphatic heterocycles. The molecule has 5 nitrogen and oxygen atoms in total. The molecule has 0 aliphatic carbocycles. The third-order valence-electron chi connectivity index (χ3n) is 4.89. The minimum absolute atomic E-state index is 0.206. The molecule has 7 heteroatoms. The first-order valence-electron chi connectivity index (χ1n) is 9.45. The predicted octanol–water partition coefficient (Wildman–Crippen LogP) is 3.92. The van der Waals surface area contributed by atoms with Gasteiger partial charge in [0.15, 0.2) is 5.76 Å². The van der Waals surface area contributed by atoms with Gasteiger partial charge in [-0.2, -0.15) is 0 Å². The molecule has 0 atom stereocenters. The van der Waals surface area contributed by atoms with Crippen LogP contribution in [-0.4, -0.2) is 32.2 Å². The SMILES string of the molecule is O=C(Nc1ccc(C[NH+]2CCOCC2)cc1)c1ccc(-c2cc(Cl)ccc2Cl)o1. The van der Waals surface area contributed by atoms with Crippen molar-refractivity contribution in [2.45, 2.75) is 6.54 Å². The Bertz CT molecular complexity index is 996. The molecule has 1 amide bonds. The summed E-state index contributed by atoms with van der Waals surface area (Å²) in [7, 11) is 0. The molecule has 150 valence electrons. The molecule has 0 saturated carbocycles. The smallest absolute Gasteiger partial charge is 0.291 e. The molecule has 4 rings (SSSR count). The third kappa shape index (κ3) is 5.00. The Labute approximate surface area is 179 Å². The zero-order chi connectivity index (χ0) is 20.2. The summed E-state index contributed by atoms with van der Waals surface area (Å²) in [4.78, 5) is 14.0. The van der Waals surface area contributed by atoms with Gasteiger partial charge in [0.05, 0.1) is 18.2 Å². The van der Waals surface area contributed by atoms with Crippen LogP contribution >= 0.6 is 23.2 Å². The lowest BCUT2D eigenvalue weighted by molar-refractivity contribution is -0.921. The quantitative estimate of drug-likeness (QED) is 0.643. The molecule has 1 aromatic heterocycles. The summed E-state index contributed by atoms with van der Waals surface area (Å²) in [6, 6.07) is 16.3. The van der Waals surface area contributed by atoms with Crippen molar-refractivity contribution in [1.29, 1.82) is 0 Å². The lowest BCUT2D eigenvalue weighted by atomic mass is 10.2. The van der Waals surface area contributed by atoms with E-state index < -0.39 is 0 Å². The standard InChI is InChI=1S/C22H20Cl2N2O3/c23-16-3-6-19(24)18(13-16)20-7-8-21(29-20)22(27)25-17-4-1-15(2-5-17)14-26-9-11-28-12-10-26/h1-8,13H,9-12,14H2,(H,25,27)/p+1. The molecular formula is C22H21Cl2N2O3+. The van der Waals surface area contributed by atoms with Crippen LogP contribution in [0, 0.1) is 0 Å². The fraction of sp³-hybridized carbons (Fsp3) is 0.227. The topological polar surface area (TPSA) is 55.9 Å². The first kappa shape index (κ1) is 20.0. The normalized spacial score (nSPS) is 14.7. The molecule has 3 aromatic rings. The molecule has 0 radical (unpaired) electrons. The van der Waals surface area contributed by atoms with Gasteiger partial charge in [0.1, 0.15) is 25.4 Å². The second kappa shape index (κ2) is 9.01. The number of benzene rings is 2. The van der Waals surface area contributed by atoms with E-state index in [4.69, 9.17) is 32.4 Å². The summed E-state index contributed by atoms with van der Waals surface area (Å²) in [5, 5.41) is 3.92. The zero-order valence-corrected chi connectivity index (χ0v) is 17.2. The molecule has 1 fully saturated rings. The number of carbonyl (C=O) groups is 1. The molecule has 2 heterocycles. The molecule has 2 N–H and O–H groups in total. The number of quaternary nitrogens is 1. The highest BCUT2D eigenvalue weighted by Gasteiger charge is 2.16. The Morgan fingerprint density at radius 2 is 1.76 bits per heavy atom.